The van der Waals surface area contributed by atoms with Gasteiger partial charge in [0.1, 0.15) is 0 Å². The highest BCUT2D eigenvalue weighted by molar-refractivity contribution is 6.32. The summed E-state index contributed by atoms with van der Waals surface area (Å²) in [7, 11) is 0. The third-order valence-electron chi connectivity index (χ3n) is 2.80. The first-order chi connectivity index (χ1) is 7.56. The molecule has 0 saturated heterocycles. The van der Waals surface area contributed by atoms with Crippen LogP contribution in [0.15, 0.2) is 30.5 Å². The minimum absolute atomic E-state index is 0.0441. The van der Waals surface area contributed by atoms with Gasteiger partial charge in [-0.05, 0) is 12.1 Å². The highest BCUT2D eigenvalue weighted by Gasteiger charge is 2.25. The Balaban J connectivity index is 2.81. The zero-order valence-corrected chi connectivity index (χ0v) is 10.1. The van der Waals surface area contributed by atoms with E-state index in [1.54, 1.807) is 6.20 Å². The van der Waals surface area contributed by atoms with E-state index in [9.17, 15) is 5.11 Å². The van der Waals surface area contributed by atoms with Gasteiger partial charge in [-0.3, -0.25) is 4.98 Å². The molecule has 0 aliphatic carbocycles. The van der Waals surface area contributed by atoms with Gasteiger partial charge in [0, 0.05) is 27.6 Å². The molecule has 2 aromatic rings. The van der Waals surface area contributed by atoms with Gasteiger partial charge in [-0.25, -0.2) is 0 Å². The molecule has 3 heteroatoms. The number of hydrogen-bond donors (Lipinski definition) is 1. The van der Waals surface area contributed by atoms with Crippen LogP contribution in [0.3, 0.4) is 0 Å². The molecule has 1 heterocycles. The standard InChI is InChI=1S/C13H14ClNO/c1-13(2,8-16)11-10(14)6-5-9-4-3-7-15-12(9)11/h3-7,16H,8H2,1-2H3. The second kappa shape index (κ2) is 4.04. The van der Waals surface area contributed by atoms with Crippen LogP contribution in [0, 0.1) is 0 Å². The molecule has 1 aromatic heterocycles. The van der Waals surface area contributed by atoms with Crippen LogP contribution in [-0.4, -0.2) is 16.7 Å². The Morgan fingerprint density at radius 2 is 2.06 bits per heavy atom. The fraction of sp³-hybridized carbons (Fsp3) is 0.308. The van der Waals surface area contributed by atoms with Gasteiger partial charge in [0.05, 0.1) is 12.1 Å². The van der Waals surface area contributed by atoms with Crippen molar-refractivity contribution in [3.63, 3.8) is 0 Å². The van der Waals surface area contributed by atoms with E-state index in [0.29, 0.717) is 5.02 Å². The first-order valence-electron chi connectivity index (χ1n) is 5.21. The van der Waals surface area contributed by atoms with E-state index >= 15 is 0 Å². The summed E-state index contributed by atoms with van der Waals surface area (Å²) in [6, 6.07) is 7.70. The van der Waals surface area contributed by atoms with Gasteiger partial charge in [0.25, 0.3) is 0 Å². The molecule has 0 saturated carbocycles. The van der Waals surface area contributed by atoms with Crippen molar-refractivity contribution in [2.45, 2.75) is 19.3 Å². The molecule has 2 nitrogen and oxygen atoms in total. The van der Waals surface area contributed by atoms with Crippen LogP contribution in [-0.2, 0) is 5.41 Å². The van der Waals surface area contributed by atoms with Crippen molar-refractivity contribution in [2.24, 2.45) is 0 Å². The molecule has 0 spiro atoms. The van der Waals surface area contributed by atoms with Crippen molar-refractivity contribution < 1.29 is 5.11 Å². The molecule has 0 aliphatic rings. The van der Waals surface area contributed by atoms with E-state index in [1.165, 1.54) is 0 Å². The normalized spacial score (nSPS) is 12.0. The van der Waals surface area contributed by atoms with Crippen LogP contribution in [0.1, 0.15) is 19.4 Å². The highest BCUT2D eigenvalue weighted by atomic mass is 35.5. The second-order valence-electron chi connectivity index (χ2n) is 4.54. The Morgan fingerprint density at radius 3 is 2.75 bits per heavy atom. The molecule has 0 unspecified atom stereocenters. The summed E-state index contributed by atoms with van der Waals surface area (Å²) in [5, 5.41) is 11.1. The Morgan fingerprint density at radius 1 is 1.31 bits per heavy atom. The van der Waals surface area contributed by atoms with Crippen LogP contribution >= 0.6 is 11.6 Å². The van der Waals surface area contributed by atoms with Gasteiger partial charge < -0.3 is 5.11 Å². The first kappa shape index (κ1) is 11.4. The van der Waals surface area contributed by atoms with Crippen LogP contribution in [0.5, 0.6) is 0 Å². The monoisotopic (exact) mass is 235 g/mol. The van der Waals surface area contributed by atoms with Crippen molar-refractivity contribution in [3.8, 4) is 0 Å². The molecular formula is C13H14ClNO. The topological polar surface area (TPSA) is 33.1 Å². The van der Waals surface area contributed by atoms with Crippen LogP contribution < -0.4 is 0 Å². The lowest BCUT2D eigenvalue weighted by molar-refractivity contribution is 0.219. The number of halogens is 1. The number of aliphatic hydroxyl groups excluding tert-OH is 1. The smallest absolute Gasteiger partial charge is 0.0755 e. The number of hydrogen-bond acceptors (Lipinski definition) is 2. The van der Waals surface area contributed by atoms with Gasteiger partial charge in [-0.2, -0.15) is 0 Å². The molecule has 0 fully saturated rings. The average Bonchev–Trinajstić information content (AvgIpc) is 2.28. The van der Waals surface area contributed by atoms with Crippen LogP contribution in [0.25, 0.3) is 10.9 Å². The number of aromatic nitrogens is 1. The zero-order valence-electron chi connectivity index (χ0n) is 9.37. The Kier molecular flexibility index (Phi) is 2.87. The molecule has 84 valence electrons. The van der Waals surface area contributed by atoms with Crippen molar-refractivity contribution >= 4 is 22.5 Å². The maximum atomic E-state index is 9.44. The Hall–Kier alpha value is -1.12. The number of rotatable bonds is 2. The second-order valence-corrected chi connectivity index (χ2v) is 4.95. The molecule has 16 heavy (non-hydrogen) atoms. The van der Waals surface area contributed by atoms with Crippen molar-refractivity contribution in [3.05, 3.63) is 41.0 Å². The molecule has 0 radical (unpaired) electrons. The molecule has 1 N–H and O–H groups in total. The predicted octanol–water partition coefficient (Wildman–Crippen LogP) is 3.16. The fourth-order valence-corrected chi connectivity index (χ4v) is 2.25. The minimum Gasteiger partial charge on any atom is -0.395 e. The minimum atomic E-state index is -0.384. The first-order valence-corrected chi connectivity index (χ1v) is 5.58. The summed E-state index contributed by atoms with van der Waals surface area (Å²) in [4.78, 5) is 4.36. The quantitative estimate of drug-likeness (QED) is 0.868. The average molecular weight is 236 g/mol. The van der Waals surface area contributed by atoms with E-state index in [-0.39, 0.29) is 12.0 Å². The van der Waals surface area contributed by atoms with Crippen LogP contribution in [0.4, 0.5) is 0 Å². The lowest BCUT2D eigenvalue weighted by Gasteiger charge is -2.24. The predicted molar refractivity (Wildman–Crippen MR) is 66.9 cm³/mol. The molecule has 0 bridgehead atoms. The molecule has 0 aliphatic heterocycles. The highest BCUT2D eigenvalue weighted by Crippen LogP contribution is 2.34. The van der Waals surface area contributed by atoms with Gasteiger partial charge in [0.15, 0.2) is 0 Å². The Bertz CT molecular complexity index is 522. The summed E-state index contributed by atoms with van der Waals surface area (Å²) in [6.45, 7) is 3.97. The van der Waals surface area contributed by atoms with Gasteiger partial charge in [-0.1, -0.05) is 37.6 Å². The third-order valence-corrected chi connectivity index (χ3v) is 3.11. The zero-order chi connectivity index (χ0) is 11.8. The van der Waals surface area contributed by atoms with Crippen LogP contribution in [0.2, 0.25) is 5.02 Å². The summed E-state index contributed by atoms with van der Waals surface area (Å²) in [5.41, 5.74) is 1.40. The maximum Gasteiger partial charge on any atom is 0.0755 e. The number of fused-ring (bicyclic) bond motifs is 1. The summed E-state index contributed by atoms with van der Waals surface area (Å²) >= 11 is 6.22. The van der Waals surface area contributed by atoms with E-state index in [4.69, 9.17) is 11.6 Å². The molecule has 2 rings (SSSR count). The maximum absolute atomic E-state index is 9.44. The van der Waals surface area contributed by atoms with Gasteiger partial charge in [-0.15, -0.1) is 0 Å². The summed E-state index contributed by atoms with van der Waals surface area (Å²) in [5.74, 6) is 0. The van der Waals surface area contributed by atoms with Crippen molar-refractivity contribution in [2.75, 3.05) is 6.61 Å². The van der Waals surface area contributed by atoms with E-state index < -0.39 is 0 Å². The number of pyridine rings is 1. The third kappa shape index (κ3) is 1.79. The van der Waals surface area contributed by atoms with Crippen molar-refractivity contribution in [1.82, 2.24) is 4.98 Å². The van der Waals surface area contributed by atoms with E-state index in [1.807, 2.05) is 38.1 Å². The lowest BCUT2D eigenvalue weighted by Crippen LogP contribution is -2.23. The van der Waals surface area contributed by atoms with Gasteiger partial charge in [0.2, 0.25) is 0 Å². The largest absolute Gasteiger partial charge is 0.395 e. The fourth-order valence-electron chi connectivity index (χ4n) is 1.84. The summed E-state index contributed by atoms with van der Waals surface area (Å²) < 4.78 is 0. The number of aliphatic hydroxyl groups is 1. The Labute approximate surface area is 99.9 Å². The van der Waals surface area contributed by atoms with E-state index in [0.717, 1.165) is 16.5 Å². The lowest BCUT2D eigenvalue weighted by atomic mass is 9.84. The molecule has 1 aromatic carbocycles. The molecular weight excluding hydrogens is 222 g/mol. The van der Waals surface area contributed by atoms with Crippen molar-refractivity contribution in [1.29, 1.82) is 0 Å². The molecule has 0 atom stereocenters. The summed E-state index contributed by atoms with van der Waals surface area (Å²) in [6.07, 6.45) is 1.75. The SMILES string of the molecule is CC(C)(CO)c1c(Cl)ccc2cccnc12. The number of nitrogens with zero attached hydrogens (tertiary/aromatic N) is 1. The number of benzene rings is 1. The van der Waals surface area contributed by atoms with E-state index in [2.05, 4.69) is 4.98 Å². The van der Waals surface area contributed by atoms with Gasteiger partial charge >= 0.3 is 0 Å². The molecule has 0 amide bonds.